The van der Waals surface area contributed by atoms with Crippen LogP contribution in [0.15, 0.2) is 0 Å². The maximum atomic E-state index is 11.3. The molecule has 0 aromatic heterocycles. The minimum atomic E-state index is -0.480. The van der Waals surface area contributed by atoms with Crippen molar-refractivity contribution in [3.8, 4) is 0 Å². The third-order valence-electron chi connectivity index (χ3n) is 2.42. The van der Waals surface area contributed by atoms with E-state index in [0.717, 1.165) is 12.8 Å². The Morgan fingerprint density at radius 3 is 2.25 bits per heavy atom. The lowest BCUT2D eigenvalue weighted by Gasteiger charge is -2.19. The first-order valence-electron chi connectivity index (χ1n) is 6.52. The molecule has 120 valence electrons. The van der Waals surface area contributed by atoms with Crippen LogP contribution in [0.4, 0.5) is 4.79 Å². The van der Waals surface area contributed by atoms with Gasteiger partial charge in [-0.1, -0.05) is 0 Å². The summed E-state index contributed by atoms with van der Waals surface area (Å²) in [6.45, 7) is 5.99. The van der Waals surface area contributed by atoms with E-state index >= 15 is 0 Å². The number of unbranched alkanes of at least 4 members (excludes halogenated alkanes) is 1. The molecule has 0 unspecified atom stereocenters. The Morgan fingerprint density at radius 2 is 1.80 bits per heavy atom. The summed E-state index contributed by atoms with van der Waals surface area (Å²) >= 11 is 0. The van der Waals surface area contributed by atoms with Gasteiger partial charge in [-0.05, 0) is 47.1 Å². The summed E-state index contributed by atoms with van der Waals surface area (Å²) in [5.41, 5.74) is -0.480. The van der Waals surface area contributed by atoms with Gasteiger partial charge in [-0.15, -0.1) is 12.4 Å². The van der Waals surface area contributed by atoms with Crippen LogP contribution in [0.3, 0.4) is 0 Å². The highest BCUT2D eigenvalue weighted by Crippen LogP contribution is 2.06. The topological polar surface area (TPSA) is 76.7 Å². The number of esters is 1. The van der Waals surface area contributed by atoms with Crippen molar-refractivity contribution in [2.24, 2.45) is 0 Å². The zero-order valence-corrected chi connectivity index (χ0v) is 13.8. The molecule has 0 bridgehead atoms. The highest BCUT2D eigenvalue weighted by molar-refractivity contribution is 5.85. The summed E-state index contributed by atoms with van der Waals surface area (Å²) in [5.74, 6) is -0.261. The predicted molar refractivity (Wildman–Crippen MR) is 80.2 cm³/mol. The Balaban J connectivity index is 0. The Labute approximate surface area is 127 Å². The Hall–Kier alpha value is -1.01. The van der Waals surface area contributed by atoms with E-state index in [4.69, 9.17) is 4.74 Å². The second-order valence-corrected chi connectivity index (χ2v) is 5.29. The predicted octanol–water partition coefficient (Wildman–Crippen LogP) is 1.86. The average molecular weight is 311 g/mol. The third kappa shape index (κ3) is 10.9. The standard InChI is InChI=1S/C13H26N2O4.ClH/c1-13(2,3)19-12(17)15-9-7-6-8-10(14-4)11(16)18-5;/h10,14H,6-9H2,1-5H3,(H,15,17);1H/t10-;/m1./s1. The van der Waals surface area contributed by atoms with Crippen LogP contribution in [0.5, 0.6) is 0 Å². The van der Waals surface area contributed by atoms with E-state index in [9.17, 15) is 9.59 Å². The molecule has 0 aliphatic rings. The fraction of sp³-hybridized carbons (Fsp3) is 0.846. The number of hydrogen-bond acceptors (Lipinski definition) is 5. The van der Waals surface area contributed by atoms with Crippen LogP contribution in [0.1, 0.15) is 40.0 Å². The van der Waals surface area contributed by atoms with Crippen LogP contribution in [0, 0.1) is 0 Å². The van der Waals surface area contributed by atoms with Gasteiger partial charge in [0, 0.05) is 6.54 Å². The van der Waals surface area contributed by atoms with Crippen LogP contribution in [-0.4, -0.2) is 44.4 Å². The van der Waals surface area contributed by atoms with Gasteiger partial charge in [0.25, 0.3) is 0 Å². The second-order valence-electron chi connectivity index (χ2n) is 5.29. The number of likely N-dealkylation sites (N-methyl/N-ethyl adjacent to an activating group) is 1. The molecular weight excluding hydrogens is 284 g/mol. The van der Waals surface area contributed by atoms with E-state index in [-0.39, 0.29) is 24.4 Å². The molecule has 0 rings (SSSR count). The van der Waals surface area contributed by atoms with E-state index in [1.807, 2.05) is 20.8 Å². The lowest BCUT2D eigenvalue weighted by Crippen LogP contribution is -2.35. The SMILES string of the molecule is CN[C@H](CCCCNC(=O)OC(C)(C)C)C(=O)OC.Cl. The first-order chi connectivity index (χ1) is 8.80. The first-order valence-corrected chi connectivity index (χ1v) is 6.52. The molecule has 6 nitrogen and oxygen atoms in total. The van der Waals surface area contributed by atoms with E-state index in [2.05, 4.69) is 15.4 Å². The number of amides is 1. The summed E-state index contributed by atoms with van der Waals surface area (Å²) in [5, 5.41) is 5.57. The van der Waals surface area contributed by atoms with Gasteiger partial charge in [-0.3, -0.25) is 4.79 Å². The van der Waals surface area contributed by atoms with Gasteiger partial charge < -0.3 is 20.1 Å². The number of hydrogen-bond donors (Lipinski definition) is 2. The van der Waals surface area contributed by atoms with Gasteiger partial charge in [0.05, 0.1) is 7.11 Å². The number of nitrogens with one attached hydrogen (secondary N) is 2. The maximum Gasteiger partial charge on any atom is 0.407 e. The molecule has 0 aliphatic heterocycles. The molecule has 20 heavy (non-hydrogen) atoms. The minimum absolute atomic E-state index is 0. The van der Waals surface area contributed by atoms with Crippen molar-refractivity contribution in [2.45, 2.75) is 51.7 Å². The molecule has 1 atom stereocenters. The highest BCUT2D eigenvalue weighted by Gasteiger charge is 2.17. The summed E-state index contributed by atoms with van der Waals surface area (Å²) in [4.78, 5) is 22.6. The number of carbonyl (C=O) groups excluding carboxylic acids is 2. The van der Waals surface area contributed by atoms with Crippen molar-refractivity contribution < 1.29 is 19.1 Å². The first kappa shape index (κ1) is 21.3. The van der Waals surface area contributed by atoms with Gasteiger partial charge in [-0.25, -0.2) is 4.79 Å². The molecule has 0 spiro atoms. The van der Waals surface area contributed by atoms with Gasteiger partial charge in [0.2, 0.25) is 0 Å². The normalized spacial score (nSPS) is 12.1. The maximum absolute atomic E-state index is 11.3. The zero-order valence-electron chi connectivity index (χ0n) is 12.9. The van der Waals surface area contributed by atoms with Gasteiger partial charge >= 0.3 is 12.1 Å². The van der Waals surface area contributed by atoms with Crippen LogP contribution in [-0.2, 0) is 14.3 Å². The van der Waals surface area contributed by atoms with E-state index in [0.29, 0.717) is 13.0 Å². The van der Waals surface area contributed by atoms with Crippen LogP contribution < -0.4 is 10.6 Å². The fourth-order valence-electron chi connectivity index (χ4n) is 1.50. The molecule has 0 aromatic rings. The number of alkyl carbamates (subject to hydrolysis) is 1. The van der Waals surface area contributed by atoms with Gasteiger partial charge in [-0.2, -0.15) is 0 Å². The Morgan fingerprint density at radius 1 is 1.20 bits per heavy atom. The molecule has 2 N–H and O–H groups in total. The monoisotopic (exact) mass is 310 g/mol. The number of halogens is 1. The van der Waals surface area contributed by atoms with Crippen LogP contribution in [0.25, 0.3) is 0 Å². The molecule has 7 heteroatoms. The summed E-state index contributed by atoms with van der Waals surface area (Å²) in [6, 6.07) is -0.286. The molecule has 0 aromatic carbocycles. The van der Waals surface area contributed by atoms with Crippen molar-refractivity contribution in [2.75, 3.05) is 20.7 Å². The number of carbonyl (C=O) groups is 2. The van der Waals surface area contributed by atoms with E-state index in [1.165, 1.54) is 7.11 Å². The molecule has 0 heterocycles. The summed E-state index contributed by atoms with van der Waals surface area (Å²) in [7, 11) is 3.09. The summed E-state index contributed by atoms with van der Waals surface area (Å²) < 4.78 is 9.77. The average Bonchev–Trinajstić information content (AvgIpc) is 2.30. The van der Waals surface area contributed by atoms with Crippen LogP contribution in [0.2, 0.25) is 0 Å². The molecule has 1 amide bonds. The van der Waals surface area contributed by atoms with Crippen molar-refractivity contribution in [3.05, 3.63) is 0 Å². The molecular formula is C13H27ClN2O4. The smallest absolute Gasteiger partial charge is 0.407 e. The molecule has 0 radical (unpaired) electrons. The Bertz CT molecular complexity index is 293. The van der Waals surface area contributed by atoms with Crippen molar-refractivity contribution in [1.82, 2.24) is 10.6 Å². The Kier molecular flexibility index (Phi) is 11.4. The summed E-state index contributed by atoms with van der Waals surface area (Å²) in [6.07, 6.45) is 1.87. The number of ether oxygens (including phenoxy) is 2. The van der Waals surface area contributed by atoms with Gasteiger partial charge in [0.15, 0.2) is 0 Å². The van der Waals surface area contributed by atoms with Crippen molar-refractivity contribution >= 4 is 24.5 Å². The zero-order chi connectivity index (χ0) is 14.9. The largest absolute Gasteiger partial charge is 0.468 e. The van der Waals surface area contributed by atoms with Crippen LogP contribution >= 0.6 is 12.4 Å². The van der Waals surface area contributed by atoms with E-state index in [1.54, 1.807) is 7.05 Å². The molecule has 0 fully saturated rings. The van der Waals surface area contributed by atoms with Crippen molar-refractivity contribution in [1.29, 1.82) is 0 Å². The van der Waals surface area contributed by atoms with Crippen molar-refractivity contribution in [3.63, 3.8) is 0 Å². The lowest BCUT2D eigenvalue weighted by atomic mass is 10.1. The van der Waals surface area contributed by atoms with Gasteiger partial charge in [0.1, 0.15) is 11.6 Å². The quantitative estimate of drug-likeness (QED) is 0.554. The second kappa shape index (κ2) is 10.7. The molecule has 0 aliphatic carbocycles. The fourth-order valence-corrected chi connectivity index (χ4v) is 1.50. The third-order valence-corrected chi connectivity index (χ3v) is 2.42. The lowest BCUT2D eigenvalue weighted by molar-refractivity contribution is -0.143. The van der Waals surface area contributed by atoms with E-state index < -0.39 is 11.7 Å². The molecule has 0 saturated heterocycles. The highest BCUT2D eigenvalue weighted by atomic mass is 35.5. The molecule has 0 saturated carbocycles. The number of rotatable bonds is 7. The number of methoxy groups -OCH3 is 1. The minimum Gasteiger partial charge on any atom is -0.468 e.